The molecular formula is C26H32N2O3. The molecule has 1 aliphatic rings. The lowest BCUT2D eigenvalue weighted by molar-refractivity contribution is -0.116. The van der Waals surface area contributed by atoms with Crippen molar-refractivity contribution in [1.29, 1.82) is 0 Å². The summed E-state index contributed by atoms with van der Waals surface area (Å²) in [7, 11) is 0. The van der Waals surface area contributed by atoms with Crippen LogP contribution in [0.1, 0.15) is 91.8 Å². The van der Waals surface area contributed by atoms with Gasteiger partial charge in [0.25, 0.3) is 11.8 Å². The Morgan fingerprint density at radius 2 is 1.26 bits per heavy atom. The number of imide groups is 1. The highest BCUT2D eigenvalue weighted by Crippen LogP contribution is 2.29. The molecule has 0 bridgehead atoms. The summed E-state index contributed by atoms with van der Waals surface area (Å²) >= 11 is 0. The van der Waals surface area contributed by atoms with Crippen molar-refractivity contribution in [2.45, 2.75) is 71.1 Å². The number of hydrogen-bond donors (Lipinski definition) is 1. The van der Waals surface area contributed by atoms with Crippen LogP contribution in [-0.2, 0) is 4.79 Å². The van der Waals surface area contributed by atoms with Gasteiger partial charge in [-0.25, -0.2) is 4.90 Å². The minimum Gasteiger partial charge on any atom is -0.326 e. The second kappa shape index (κ2) is 11.4. The monoisotopic (exact) mass is 420 g/mol. The van der Waals surface area contributed by atoms with Gasteiger partial charge in [-0.15, -0.1) is 0 Å². The van der Waals surface area contributed by atoms with E-state index in [1.54, 1.807) is 48.5 Å². The smallest absolute Gasteiger partial charge is 0.266 e. The summed E-state index contributed by atoms with van der Waals surface area (Å²) in [6, 6.07) is 13.7. The van der Waals surface area contributed by atoms with Crippen LogP contribution in [0.5, 0.6) is 0 Å². The van der Waals surface area contributed by atoms with Crippen LogP contribution in [0.2, 0.25) is 0 Å². The van der Waals surface area contributed by atoms with Crippen molar-refractivity contribution in [1.82, 2.24) is 0 Å². The van der Waals surface area contributed by atoms with E-state index in [9.17, 15) is 14.4 Å². The van der Waals surface area contributed by atoms with Crippen molar-refractivity contribution in [2.75, 3.05) is 10.2 Å². The zero-order valence-electron chi connectivity index (χ0n) is 18.4. The molecule has 1 N–H and O–H groups in total. The lowest BCUT2D eigenvalue weighted by Crippen LogP contribution is -2.29. The van der Waals surface area contributed by atoms with Crippen LogP contribution in [0.15, 0.2) is 48.5 Å². The van der Waals surface area contributed by atoms with Crippen molar-refractivity contribution in [3.63, 3.8) is 0 Å². The summed E-state index contributed by atoms with van der Waals surface area (Å²) in [6.07, 6.45) is 11.5. The lowest BCUT2D eigenvalue weighted by Gasteiger charge is -2.14. The van der Waals surface area contributed by atoms with Gasteiger partial charge >= 0.3 is 0 Å². The quantitative estimate of drug-likeness (QED) is 0.321. The Balaban J connectivity index is 1.40. The van der Waals surface area contributed by atoms with Gasteiger partial charge in [0.1, 0.15) is 0 Å². The SMILES string of the molecule is CCCCCCCCCCCC(=O)Nc1ccc(N2C(=O)c3ccccc3C2=O)cc1. The molecule has 5 nitrogen and oxygen atoms in total. The number of nitrogens with zero attached hydrogens (tertiary/aromatic N) is 1. The molecule has 0 saturated carbocycles. The number of unbranched alkanes of at least 4 members (excludes halogenated alkanes) is 8. The summed E-state index contributed by atoms with van der Waals surface area (Å²) in [6.45, 7) is 2.23. The van der Waals surface area contributed by atoms with E-state index >= 15 is 0 Å². The number of anilines is 2. The summed E-state index contributed by atoms with van der Waals surface area (Å²) in [4.78, 5) is 38.5. The van der Waals surface area contributed by atoms with E-state index < -0.39 is 0 Å². The van der Waals surface area contributed by atoms with Crippen LogP contribution in [0.25, 0.3) is 0 Å². The Labute approximate surface area is 184 Å². The molecule has 0 radical (unpaired) electrons. The predicted octanol–water partition coefficient (Wildman–Crippen LogP) is 6.35. The number of rotatable bonds is 12. The Morgan fingerprint density at radius 1 is 0.742 bits per heavy atom. The van der Waals surface area contributed by atoms with Gasteiger partial charge in [0.15, 0.2) is 0 Å². The van der Waals surface area contributed by atoms with Gasteiger partial charge in [0, 0.05) is 12.1 Å². The standard InChI is InChI=1S/C26H32N2O3/c1-2-3-4-5-6-7-8-9-10-15-24(29)27-20-16-18-21(19-17-20)28-25(30)22-13-11-12-14-23(22)26(28)31/h11-14,16-19H,2-10,15H2,1H3,(H,27,29). The van der Waals surface area contributed by atoms with Crippen LogP contribution >= 0.6 is 0 Å². The Morgan fingerprint density at radius 3 is 1.81 bits per heavy atom. The molecular weight excluding hydrogens is 388 g/mol. The number of benzene rings is 2. The molecule has 0 fully saturated rings. The minimum absolute atomic E-state index is 0.00331. The lowest BCUT2D eigenvalue weighted by atomic mass is 10.1. The van der Waals surface area contributed by atoms with E-state index in [0.717, 1.165) is 12.8 Å². The maximum absolute atomic E-state index is 12.6. The first-order valence-electron chi connectivity index (χ1n) is 11.5. The number of amides is 3. The molecule has 164 valence electrons. The maximum Gasteiger partial charge on any atom is 0.266 e. The van der Waals surface area contributed by atoms with Crippen molar-refractivity contribution < 1.29 is 14.4 Å². The van der Waals surface area contributed by atoms with Crippen LogP contribution in [0.4, 0.5) is 11.4 Å². The van der Waals surface area contributed by atoms with Crippen LogP contribution < -0.4 is 10.2 Å². The number of nitrogens with one attached hydrogen (secondary N) is 1. The Hall–Kier alpha value is -2.95. The summed E-state index contributed by atoms with van der Waals surface area (Å²) in [5, 5.41) is 2.90. The first-order chi connectivity index (χ1) is 15.1. The van der Waals surface area contributed by atoms with E-state index in [0.29, 0.717) is 28.9 Å². The highest BCUT2D eigenvalue weighted by molar-refractivity contribution is 6.34. The number of hydrogen-bond acceptors (Lipinski definition) is 3. The van der Waals surface area contributed by atoms with Gasteiger partial charge in [0.05, 0.1) is 16.8 Å². The van der Waals surface area contributed by atoms with E-state index in [-0.39, 0.29) is 17.7 Å². The van der Waals surface area contributed by atoms with Crippen LogP contribution in [0.3, 0.4) is 0 Å². The summed E-state index contributed by atoms with van der Waals surface area (Å²) in [5.74, 6) is -0.637. The Kier molecular flexibility index (Phi) is 8.39. The predicted molar refractivity (Wildman–Crippen MR) is 124 cm³/mol. The van der Waals surface area contributed by atoms with Crippen molar-refractivity contribution >= 4 is 29.1 Å². The van der Waals surface area contributed by atoms with Crippen molar-refractivity contribution in [3.8, 4) is 0 Å². The second-order valence-corrected chi connectivity index (χ2v) is 8.16. The molecule has 31 heavy (non-hydrogen) atoms. The molecule has 0 spiro atoms. The third kappa shape index (κ3) is 6.03. The van der Waals surface area contributed by atoms with Gasteiger partial charge in [-0.2, -0.15) is 0 Å². The zero-order valence-corrected chi connectivity index (χ0v) is 18.4. The topological polar surface area (TPSA) is 66.5 Å². The van der Waals surface area contributed by atoms with Gasteiger partial charge in [0.2, 0.25) is 5.91 Å². The minimum atomic E-state index is -0.317. The van der Waals surface area contributed by atoms with Gasteiger partial charge in [-0.3, -0.25) is 14.4 Å². The zero-order chi connectivity index (χ0) is 22.1. The van der Waals surface area contributed by atoms with E-state index in [4.69, 9.17) is 0 Å². The van der Waals surface area contributed by atoms with Crippen LogP contribution in [-0.4, -0.2) is 17.7 Å². The maximum atomic E-state index is 12.6. The van der Waals surface area contributed by atoms with Crippen molar-refractivity contribution in [2.24, 2.45) is 0 Å². The second-order valence-electron chi connectivity index (χ2n) is 8.16. The van der Waals surface area contributed by atoms with E-state index in [1.807, 2.05) is 0 Å². The molecule has 0 aromatic heterocycles. The molecule has 0 aliphatic carbocycles. The molecule has 1 heterocycles. The number of carbonyl (C=O) groups excluding carboxylic acids is 3. The normalized spacial score (nSPS) is 12.9. The molecule has 2 aromatic carbocycles. The molecule has 5 heteroatoms. The van der Waals surface area contributed by atoms with E-state index in [2.05, 4.69) is 12.2 Å². The molecule has 3 amide bonds. The molecule has 2 aromatic rings. The fourth-order valence-corrected chi connectivity index (χ4v) is 3.94. The molecule has 0 atom stereocenters. The van der Waals surface area contributed by atoms with Crippen molar-refractivity contribution in [3.05, 3.63) is 59.7 Å². The summed E-state index contributed by atoms with van der Waals surface area (Å²) < 4.78 is 0. The average molecular weight is 421 g/mol. The first-order valence-corrected chi connectivity index (χ1v) is 11.5. The molecule has 1 aliphatic heterocycles. The van der Waals surface area contributed by atoms with Gasteiger partial charge in [-0.05, 0) is 42.8 Å². The highest BCUT2D eigenvalue weighted by atomic mass is 16.2. The highest BCUT2D eigenvalue weighted by Gasteiger charge is 2.36. The van der Waals surface area contributed by atoms with E-state index in [1.165, 1.54) is 49.8 Å². The average Bonchev–Trinajstić information content (AvgIpc) is 3.04. The third-order valence-corrected chi connectivity index (χ3v) is 5.71. The molecule has 0 unspecified atom stereocenters. The summed E-state index contributed by atoms with van der Waals surface area (Å²) in [5.41, 5.74) is 2.01. The van der Waals surface area contributed by atoms with Gasteiger partial charge < -0.3 is 5.32 Å². The van der Waals surface area contributed by atoms with Gasteiger partial charge in [-0.1, -0.05) is 70.4 Å². The fourth-order valence-electron chi connectivity index (χ4n) is 3.94. The first kappa shape index (κ1) is 22.7. The largest absolute Gasteiger partial charge is 0.326 e. The molecule has 0 saturated heterocycles. The number of fused-ring (bicyclic) bond motifs is 1. The molecule has 3 rings (SSSR count). The van der Waals surface area contributed by atoms with Crippen LogP contribution in [0, 0.1) is 0 Å². The number of carbonyl (C=O) groups is 3. The fraction of sp³-hybridized carbons (Fsp3) is 0.423. The third-order valence-electron chi connectivity index (χ3n) is 5.71. The Bertz CT molecular complexity index is 870.